The van der Waals surface area contributed by atoms with Crippen molar-refractivity contribution >= 4 is 5.91 Å². The second-order valence-corrected chi connectivity index (χ2v) is 5.59. The predicted octanol–water partition coefficient (Wildman–Crippen LogP) is 2.92. The number of hydrogen-bond donors (Lipinski definition) is 1. The Labute approximate surface area is 151 Å². The zero-order valence-corrected chi connectivity index (χ0v) is 14.8. The summed E-state index contributed by atoms with van der Waals surface area (Å²) in [5.41, 5.74) is 0.906. The lowest BCUT2D eigenvalue weighted by atomic mass is 10.3. The van der Waals surface area contributed by atoms with E-state index in [0.717, 1.165) is 11.4 Å². The highest BCUT2D eigenvalue weighted by Crippen LogP contribution is 2.19. The van der Waals surface area contributed by atoms with Gasteiger partial charge in [0.15, 0.2) is 5.76 Å². The predicted molar refractivity (Wildman–Crippen MR) is 95.0 cm³/mol. The van der Waals surface area contributed by atoms with Crippen LogP contribution in [0.2, 0.25) is 0 Å². The average Bonchev–Trinajstić information content (AvgIpc) is 3.28. The Bertz CT molecular complexity index is 852. The molecule has 1 N–H and O–H groups in total. The summed E-state index contributed by atoms with van der Waals surface area (Å²) in [6, 6.07) is 12.6. The highest BCUT2D eigenvalue weighted by molar-refractivity contribution is 5.91. The molecular formula is C19H21N3O4. The second-order valence-electron chi connectivity index (χ2n) is 5.59. The molecule has 0 saturated carbocycles. The number of ether oxygens (including phenoxy) is 2. The van der Waals surface area contributed by atoms with Gasteiger partial charge < -0.3 is 19.2 Å². The molecule has 7 nitrogen and oxygen atoms in total. The van der Waals surface area contributed by atoms with Crippen molar-refractivity contribution in [3.63, 3.8) is 0 Å². The van der Waals surface area contributed by atoms with Crippen LogP contribution < -0.4 is 14.8 Å². The summed E-state index contributed by atoms with van der Waals surface area (Å²) < 4.78 is 18.3. The van der Waals surface area contributed by atoms with Crippen LogP contribution in [0.25, 0.3) is 0 Å². The van der Waals surface area contributed by atoms with E-state index >= 15 is 0 Å². The number of rotatable bonds is 8. The summed E-state index contributed by atoms with van der Waals surface area (Å²) in [5, 5.41) is 6.86. The fourth-order valence-electron chi connectivity index (χ4n) is 2.36. The van der Waals surface area contributed by atoms with E-state index in [2.05, 4.69) is 10.4 Å². The summed E-state index contributed by atoms with van der Waals surface area (Å²) in [6.45, 7) is 3.18. The number of furan rings is 1. The SMILES string of the molecule is CCOc1ccc(OCc2ccc(C(=O)NCc3ccnn3C)o2)cc1. The van der Waals surface area contributed by atoms with Crippen molar-refractivity contribution < 1.29 is 18.7 Å². The first kappa shape index (κ1) is 17.6. The van der Waals surface area contributed by atoms with Crippen LogP contribution in [0, 0.1) is 0 Å². The lowest BCUT2D eigenvalue weighted by Crippen LogP contribution is -2.23. The number of carbonyl (C=O) groups excluding carboxylic acids is 1. The molecule has 0 radical (unpaired) electrons. The maximum absolute atomic E-state index is 12.1. The van der Waals surface area contributed by atoms with E-state index in [-0.39, 0.29) is 18.3 Å². The number of amides is 1. The molecule has 136 valence electrons. The Hall–Kier alpha value is -3.22. The lowest BCUT2D eigenvalue weighted by molar-refractivity contribution is 0.0918. The zero-order valence-electron chi connectivity index (χ0n) is 14.8. The third-order valence-electron chi connectivity index (χ3n) is 3.75. The van der Waals surface area contributed by atoms with Crippen LogP contribution >= 0.6 is 0 Å². The van der Waals surface area contributed by atoms with E-state index in [0.29, 0.717) is 24.7 Å². The number of hydrogen-bond acceptors (Lipinski definition) is 5. The molecule has 1 amide bonds. The van der Waals surface area contributed by atoms with E-state index in [1.165, 1.54) is 0 Å². The Balaban J connectivity index is 1.50. The normalized spacial score (nSPS) is 10.5. The Morgan fingerprint density at radius 1 is 1.12 bits per heavy atom. The van der Waals surface area contributed by atoms with Crippen molar-refractivity contribution in [1.82, 2.24) is 15.1 Å². The van der Waals surface area contributed by atoms with Crippen molar-refractivity contribution in [3.05, 3.63) is 65.9 Å². The van der Waals surface area contributed by atoms with Gasteiger partial charge in [-0.2, -0.15) is 5.10 Å². The van der Waals surface area contributed by atoms with Crippen molar-refractivity contribution in [1.29, 1.82) is 0 Å². The summed E-state index contributed by atoms with van der Waals surface area (Å²) in [4.78, 5) is 12.1. The topological polar surface area (TPSA) is 78.5 Å². The molecule has 0 spiro atoms. The Kier molecular flexibility index (Phi) is 5.58. The summed E-state index contributed by atoms with van der Waals surface area (Å²) in [6.07, 6.45) is 1.69. The Morgan fingerprint density at radius 2 is 1.85 bits per heavy atom. The van der Waals surface area contributed by atoms with Gasteiger partial charge in [-0.25, -0.2) is 0 Å². The number of nitrogens with zero attached hydrogens (tertiary/aromatic N) is 2. The number of carbonyl (C=O) groups is 1. The van der Waals surface area contributed by atoms with Gasteiger partial charge in [0.05, 0.1) is 18.8 Å². The first-order valence-electron chi connectivity index (χ1n) is 8.35. The number of nitrogens with one attached hydrogen (secondary N) is 1. The fourth-order valence-corrected chi connectivity index (χ4v) is 2.36. The van der Waals surface area contributed by atoms with Crippen LogP contribution in [0.5, 0.6) is 11.5 Å². The molecule has 3 aromatic rings. The molecule has 0 fully saturated rings. The van der Waals surface area contributed by atoms with E-state index < -0.39 is 0 Å². The second kappa shape index (κ2) is 8.24. The van der Waals surface area contributed by atoms with E-state index in [4.69, 9.17) is 13.9 Å². The van der Waals surface area contributed by atoms with Crippen LogP contribution in [-0.2, 0) is 20.2 Å². The van der Waals surface area contributed by atoms with Gasteiger partial charge in [0.25, 0.3) is 5.91 Å². The molecule has 26 heavy (non-hydrogen) atoms. The van der Waals surface area contributed by atoms with E-state index in [1.54, 1.807) is 23.0 Å². The van der Waals surface area contributed by atoms with Crippen molar-refractivity contribution in [2.24, 2.45) is 7.05 Å². The van der Waals surface area contributed by atoms with Crippen LogP contribution in [0.15, 0.2) is 53.1 Å². The third kappa shape index (κ3) is 4.44. The molecule has 7 heteroatoms. The van der Waals surface area contributed by atoms with Crippen LogP contribution in [-0.4, -0.2) is 22.3 Å². The van der Waals surface area contributed by atoms with Gasteiger partial charge >= 0.3 is 0 Å². The van der Waals surface area contributed by atoms with Crippen LogP contribution in [0.3, 0.4) is 0 Å². The van der Waals surface area contributed by atoms with E-state index in [9.17, 15) is 4.79 Å². The smallest absolute Gasteiger partial charge is 0.287 e. The summed E-state index contributed by atoms with van der Waals surface area (Å²) in [5.74, 6) is 2.04. The number of aromatic nitrogens is 2. The highest BCUT2D eigenvalue weighted by Gasteiger charge is 2.12. The lowest BCUT2D eigenvalue weighted by Gasteiger charge is -2.06. The fraction of sp³-hybridized carbons (Fsp3) is 0.263. The molecule has 2 heterocycles. The Morgan fingerprint density at radius 3 is 2.50 bits per heavy atom. The van der Waals surface area contributed by atoms with Gasteiger partial charge in [0.2, 0.25) is 0 Å². The molecular weight excluding hydrogens is 334 g/mol. The standard InChI is InChI=1S/C19H21N3O4/c1-3-24-15-4-6-16(7-5-15)25-13-17-8-9-18(26-17)19(23)20-12-14-10-11-21-22(14)2/h4-11H,3,12-13H2,1-2H3,(H,20,23). The molecule has 0 bridgehead atoms. The summed E-state index contributed by atoms with van der Waals surface area (Å²) >= 11 is 0. The van der Waals surface area contributed by atoms with Gasteiger partial charge in [0.1, 0.15) is 23.9 Å². The van der Waals surface area contributed by atoms with Gasteiger partial charge in [-0.1, -0.05) is 0 Å². The minimum Gasteiger partial charge on any atom is -0.494 e. The number of benzene rings is 1. The van der Waals surface area contributed by atoms with E-state index in [1.807, 2.05) is 44.3 Å². The maximum atomic E-state index is 12.1. The van der Waals surface area contributed by atoms with Gasteiger partial charge in [-0.3, -0.25) is 9.48 Å². The minimum absolute atomic E-state index is 0.239. The van der Waals surface area contributed by atoms with Crippen molar-refractivity contribution in [2.75, 3.05) is 6.61 Å². The molecule has 0 aliphatic heterocycles. The van der Waals surface area contributed by atoms with Gasteiger partial charge in [-0.15, -0.1) is 0 Å². The zero-order chi connectivity index (χ0) is 18.4. The van der Waals surface area contributed by atoms with Crippen molar-refractivity contribution in [3.8, 4) is 11.5 Å². The maximum Gasteiger partial charge on any atom is 0.287 e. The van der Waals surface area contributed by atoms with Crippen LogP contribution in [0.4, 0.5) is 0 Å². The molecule has 0 saturated heterocycles. The molecule has 0 unspecified atom stereocenters. The van der Waals surface area contributed by atoms with Crippen LogP contribution in [0.1, 0.15) is 28.9 Å². The summed E-state index contributed by atoms with van der Waals surface area (Å²) in [7, 11) is 1.82. The first-order chi connectivity index (χ1) is 12.7. The molecule has 3 rings (SSSR count). The third-order valence-corrected chi connectivity index (χ3v) is 3.75. The van der Waals surface area contributed by atoms with Crippen molar-refractivity contribution in [2.45, 2.75) is 20.1 Å². The van der Waals surface area contributed by atoms with Gasteiger partial charge in [0, 0.05) is 13.2 Å². The quantitative estimate of drug-likeness (QED) is 0.672. The highest BCUT2D eigenvalue weighted by atomic mass is 16.5. The number of aryl methyl sites for hydroxylation is 1. The largest absolute Gasteiger partial charge is 0.494 e. The molecule has 0 aliphatic carbocycles. The molecule has 1 aromatic carbocycles. The van der Waals surface area contributed by atoms with Gasteiger partial charge in [-0.05, 0) is 49.4 Å². The average molecular weight is 355 g/mol. The monoisotopic (exact) mass is 355 g/mol. The molecule has 0 atom stereocenters. The first-order valence-corrected chi connectivity index (χ1v) is 8.35. The molecule has 0 aliphatic rings. The molecule has 2 aromatic heterocycles. The minimum atomic E-state index is -0.279.